The molecular weight excluding hydrogens is 306 g/mol. The van der Waals surface area contributed by atoms with Crippen LogP contribution >= 0.6 is 0 Å². The van der Waals surface area contributed by atoms with E-state index in [2.05, 4.69) is 4.90 Å². The van der Waals surface area contributed by atoms with E-state index in [-0.39, 0.29) is 11.5 Å². The minimum Gasteiger partial charge on any atom is -0.379 e. The van der Waals surface area contributed by atoms with Crippen LogP contribution < -0.4 is 5.56 Å². The van der Waals surface area contributed by atoms with Gasteiger partial charge in [-0.1, -0.05) is 0 Å². The molecule has 2 saturated heterocycles. The monoisotopic (exact) mass is 333 g/mol. The van der Waals surface area contributed by atoms with Gasteiger partial charge < -0.3 is 14.2 Å². The summed E-state index contributed by atoms with van der Waals surface area (Å²) in [6.07, 6.45) is 5.98. The van der Waals surface area contributed by atoms with Gasteiger partial charge >= 0.3 is 0 Å². The summed E-state index contributed by atoms with van der Waals surface area (Å²) in [6, 6.07) is 3.42. The van der Waals surface area contributed by atoms with Gasteiger partial charge in [0.1, 0.15) is 0 Å². The molecule has 0 aromatic carbocycles. The number of aromatic nitrogens is 1. The minimum atomic E-state index is -0.0888. The molecule has 6 heteroatoms. The van der Waals surface area contributed by atoms with Gasteiger partial charge in [-0.25, -0.2) is 0 Å². The Labute approximate surface area is 143 Å². The lowest BCUT2D eigenvalue weighted by molar-refractivity contribution is 0.0295. The molecule has 0 spiro atoms. The highest BCUT2D eigenvalue weighted by molar-refractivity contribution is 5.94. The van der Waals surface area contributed by atoms with E-state index in [0.29, 0.717) is 11.6 Å². The molecule has 3 rings (SSSR count). The van der Waals surface area contributed by atoms with Gasteiger partial charge in [-0.05, 0) is 31.7 Å². The molecule has 24 heavy (non-hydrogen) atoms. The van der Waals surface area contributed by atoms with Crippen molar-refractivity contribution in [1.82, 2.24) is 14.4 Å². The van der Waals surface area contributed by atoms with Crippen molar-refractivity contribution in [3.63, 3.8) is 0 Å². The average molecular weight is 333 g/mol. The van der Waals surface area contributed by atoms with Gasteiger partial charge in [0.05, 0.1) is 18.8 Å². The Morgan fingerprint density at radius 3 is 2.75 bits per heavy atom. The summed E-state index contributed by atoms with van der Waals surface area (Å²) in [7, 11) is 1.69. The van der Waals surface area contributed by atoms with Crippen LogP contribution in [0.2, 0.25) is 0 Å². The van der Waals surface area contributed by atoms with Crippen molar-refractivity contribution in [2.75, 3.05) is 39.4 Å². The van der Waals surface area contributed by atoms with Gasteiger partial charge in [-0.3, -0.25) is 14.5 Å². The average Bonchev–Trinajstić information content (AvgIpc) is 2.63. The first kappa shape index (κ1) is 17.2. The van der Waals surface area contributed by atoms with Gasteiger partial charge in [0.25, 0.3) is 5.91 Å². The summed E-state index contributed by atoms with van der Waals surface area (Å²) in [6.45, 7) is 5.43. The Morgan fingerprint density at radius 2 is 2.00 bits per heavy atom. The highest BCUT2D eigenvalue weighted by atomic mass is 16.5. The highest BCUT2D eigenvalue weighted by Crippen LogP contribution is 2.22. The molecule has 3 heterocycles. The van der Waals surface area contributed by atoms with E-state index >= 15 is 0 Å². The number of ether oxygens (including phenoxy) is 1. The molecule has 1 aromatic rings. The normalized spacial score (nSPS) is 22.5. The summed E-state index contributed by atoms with van der Waals surface area (Å²) in [5.41, 5.74) is 0.518. The van der Waals surface area contributed by atoms with Gasteiger partial charge in [-0.15, -0.1) is 0 Å². The van der Waals surface area contributed by atoms with Crippen molar-refractivity contribution >= 4 is 5.91 Å². The molecule has 0 N–H and O–H groups in total. The number of pyridine rings is 1. The van der Waals surface area contributed by atoms with Crippen LogP contribution in [-0.4, -0.2) is 65.7 Å². The molecule has 6 nitrogen and oxygen atoms in total. The summed E-state index contributed by atoms with van der Waals surface area (Å²) in [5.74, 6) is 0.0530. The molecule has 1 aromatic heterocycles. The number of hydrogen-bond donors (Lipinski definition) is 0. The number of likely N-dealkylation sites (tertiary alicyclic amines) is 1. The molecule has 0 bridgehead atoms. The third-order valence-corrected chi connectivity index (χ3v) is 5.10. The number of carbonyl (C=O) groups excluding carboxylic acids is 1. The lowest BCUT2D eigenvalue weighted by Crippen LogP contribution is -2.46. The van der Waals surface area contributed by atoms with Crippen LogP contribution in [0.1, 0.15) is 36.0 Å². The van der Waals surface area contributed by atoms with Gasteiger partial charge in [0, 0.05) is 51.5 Å². The summed E-state index contributed by atoms with van der Waals surface area (Å²) < 4.78 is 6.87. The summed E-state index contributed by atoms with van der Waals surface area (Å²) in [5, 5.41) is 0. The Bertz CT molecular complexity index is 622. The predicted molar refractivity (Wildman–Crippen MR) is 92.2 cm³/mol. The molecule has 1 atom stereocenters. The first-order valence-corrected chi connectivity index (χ1v) is 8.93. The van der Waals surface area contributed by atoms with Crippen LogP contribution in [-0.2, 0) is 11.8 Å². The van der Waals surface area contributed by atoms with Crippen LogP contribution in [0.25, 0.3) is 0 Å². The predicted octanol–water partition coefficient (Wildman–Crippen LogP) is 1.10. The number of carbonyl (C=O) groups is 1. The van der Waals surface area contributed by atoms with Crippen LogP contribution in [0.3, 0.4) is 0 Å². The molecule has 0 unspecified atom stereocenters. The molecule has 0 radical (unpaired) electrons. The van der Waals surface area contributed by atoms with E-state index in [9.17, 15) is 9.59 Å². The fourth-order valence-electron chi connectivity index (χ4n) is 3.61. The Morgan fingerprint density at radius 1 is 1.21 bits per heavy atom. The zero-order valence-corrected chi connectivity index (χ0v) is 14.4. The van der Waals surface area contributed by atoms with Gasteiger partial charge in [0.15, 0.2) is 0 Å². The number of hydrogen-bond acceptors (Lipinski definition) is 4. The fraction of sp³-hybridized carbons (Fsp3) is 0.667. The zero-order chi connectivity index (χ0) is 16.9. The Balaban J connectivity index is 1.65. The lowest BCUT2D eigenvalue weighted by Gasteiger charge is -2.37. The zero-order valence-electron chi connectivity index (χ0n) is 14.4. The van der Waals surface area contributed by atoms with Gasteiger partial charge in [-0.2, -0.15) is 0 Å². The number of amides is 1. The van der Waals surface area contributed by atoms with Crippen molar-refractivity contribution in [2.45, 2.75) is 31.7 Å². The third kappa shape index (κ3) is 4.05. The van der Waals surface area contributed by atoms with Crippen LogP contribution in [0.15, 0.2) is 23.1 Å². The molecule has 0 aliphatic carbocycles. The van der Waals surface area contributed by atoms with E-state index < -0.39 is 0 Å². The second-order valence-electron chi connectivity index (χ2n) is 6.76. The largest absolute Gasteiger partial charge is 0.379 e. The smallest absolute Gasteiger partial charge is 0.255 e. The van der Waals surface area contributed by atoms with Crippen molar-refractivity contribution in [2.24, 2.45) is 7.05 Å². The molecule has 0 saturated carbocycles. The SMILES string of the molecule is Cn1cc(C(=O)N2CCCC[C@H]2CCN2CCOCC2)ccc1=O. The standard InChI is InChI=1S/C18H27N3O3/c1-19-14-15(5-6-17(19)22)18(23)21-8-3-2-4-16(21)7-9-20-10-12-24-13-11-20/h5-6,14,16H,2-4,7-13H2,1H3/t16-/m0/s1. The number of rotatable bonds is 4. The Hall–Kier alpha value is -1.66. The van der Waals surface area contributed by atoms with Crippen LogP contribution in [0, 0.1) is 0 Å². The summed E-state index contributed by atoms with van der Waals surface area (Å²) in [4.78, 5) is 28.9. The molecule has 2 aliphatic rings. The number of aryl methyl sites for hydroxylation is 1. The van der Waals surface area contributed by atoms with E-state index in [0.717, 1.165) is 58.7 Å². The van der Waals surface area contributed by atoms with E-state index in [1.54, 1.807) is 19.3 Å². The quantitative estimate of drug-likeness (QED) is 0.828. The number of piperidine rings is 1. The van der Waals surface area contributed by atoms with Crippen molar-refractivity contribution in [3.05, 3.63) is 34.2 Å². The van der Waals surface area contributed by atoms with E-state index in [1.807, 2.05) is 4.90 Å². The first-order valence-electron chi connectivity index (χ1n) is 8.93. The van der Waals surface area contributed by atoms with Crippen LogP contribution in [0.5, 0.6) is 0 Å². The molecule has 132 valence electrons. The van der Waals surface area contributed by atoms with Crippen molar-refractivity contribution in [1.29, 1.82) is 0 Å². The van der Waals surface area contributed by atoms with E-state index in [4.69, 9.17) is 4.74 Å². The van der Waals surface area contributed by atoms with Gasteiger partial charge in [0.2, 0.25) is 5.56 Å². The number of morpholine rings is 1. The topological polar surface area (TPSA) is 54.8 Å². The van der Waals surface area contributed by atoms with Crippen molar-refractivity contribution in [3.8, 4) is 0 Å². The highest BCUT2D eigenvalue weighted by Gasteiger charge is 2.28. The van der Waals surface area contributed by atoms with Crippen molar-refractivity contribution < 1.29 is 9.53 Å². The first-order chi connectivity index (χ1) is 11.6. The second-order valence-corrected chi connectivity index (χ2v) is 6.76. The van der Waals surface area contributed by atoms with Crippen LogP contribution in [0.4, 0.5) is 0 Å². The maximum atomic E-state index is 12.9. The third-order valence-electron chi connectivity index (χ3n) is 5.10. The maximum absolute atomic E-state index is 12.9. The van der Waals surface area contributed by atoms with E-state index in [1.165, 1.54) is 17.1 Å². The summed E-state index contributed by atoms with van der Waals surface area (Å²) >= 11 is 0. The fourth-order valence-corrected chi connectivity index (χ4v) is 3.61. The minimum absolute atomic E-state index is 0.0530. The molecule has 2 aliphatic heterocycles. The molecule has 2 fully saturated rings. The number of nitrogens with zero attached hydrogens (tertiary/aromatic N) is 3. The Kier molecular flexibility index (Phi) is 5.68. The molecule has 1 amide bonds. The maximum Gasteiger partial charge on any atom is 0.255 e. The second kappa shape index (κ2) is 7.94. The molecular formula is C18H27N3O3. The lowest BCUT2D eigenvalue weighted by atomic mass is 9.98.